The molecule has 0 aliphatic carbocycles. The number of carbonyl (C=O) groups excluding carboxylic acids is 1. The molecule has 1 fully saturated rings. The Balaban J connectivity index is 2.77. The van der Waals surface area contributed by atoms with Gasteiger partial charge in [-0.25, -0.2) is 4.79 Å². The highest BCUT2D eigenvalue weighted by atomic mass is 16.2. The summed E-state index contributed by atoms with van der Waals surface area (Å²) in [4.78, 5) is 13.5. The molecule has 4 nitrogen and oxygen atoms in total. The Morgan fingerprint density at radius 1 is 1.44 bits per heavy atom. The minimum absolute atomic E-state index is 0.255. The van der Waals surface area contributed by atoms with Crippen LogP contribution in [0.1, 0.15) is 46.5 Å². The van der Waals surface area contributed by atoms with Gasteiger partial charge in [0.25, 0.3) is 0 Å². The number of rotatable bonds is 4. The zero-order chi connectivity index (χ0) is 13.8. The van der Waals surface area contributed by atoms with E-state index in [-0.39, 0.29) is 11.4 Å². The summed E-state index contributed by atoms with van der Waals surface area (Å²) in [5, 5.41) is 3.27. The summed E-state index contributed by atoms with van der Waals surface area (Å²) in [5.41, 5.74) is 5.80. The standard InChI is InChI=1S/C14H29N3O/c1-14(2,3)9-11(10-16-4)12-7-5-6-8-17(12)13(15)18/h11-12,16H,5-10H2,1-4H3,(H2,15,18)/t11-,12?/m0/s1. The third-order valence-electron chi connectivity index (χ3n) is 3.72. The lowest BCUT2D eigenvalue weighted by Crippen LogP contribution is -2.52. The van der Waals surface area contributed by atoms with Crippen molar-refractivity contribution in [3.63, 3.8) is 0 Å². The molecule has 1 aliphatic heterocycles. The number of nitrogens with two attached hydrogens (primary N) is 1. The molecule has 4 heteroatoms. The van der Waals surface area contributed by atoms with Crippen molar-refractivity contribution in [3.8, 4) is 0 Å². The van der Waals surface area contributed by atoms with Gasteiger partial charge in [-0.1, -0.05) is 20.8 Å². The van der Waals surface area contributed by atoms with Crippen molar-refractivity contribution in [1.82, 2.24) is 10.2 Å². The number of piperidine rings is 1. The number of urea groups is 1. The lowest BCUT2D eigenvalue weighted by atomic mass is 9.78. The average Bonchev–Trinajstić information content (AvgIpc) is 2.26. The maximum atomic E-state index is 11.6. The zero-order valence-electron chi connectivity index (χ0n) is 12.3. The van der Waals surface area contributed by atoms with Crippen LogP contribution in [-0.2, 0) is 0 Å². The van der Waals surface area contributed by atoms with Crippen molar-refractivity contribution >= 4 is 6.03 Å². The number of hydrogen-bond acceptors (Lipinski definition) is 2. The van der Waals surface area contributed by atoms with Gasteiger partial charge in [-0.3, -0.25) is 0 Å². The molecule has 1 unspecified atom stereocenters. The van der Waals surface area contributed by atoms with Crippen molar-refractivity contribution in [2.24, 2.45) is 17.1 Å². The van der Waals surface area contributed by atoms with Crippen molar-refractivity contribution in [1.29, 1.82) is 0 Å². The molecule has 3 N–H and O–H groups in total. The molecule has 18 heavy (non-hydrogen) atoms. The maximum Gasteiger partial charge on any atom is 0.315 e. The third-order valence-corrected chi connectivity index (χ3v) is 3.72. The second-order valence-corrected chi connectivity index (χ2v) is 6.68. The molecule has 0 spiro atoms. The van der Waals surface area contributed by atoms with E-state index in [2.05, 4.69) is 26.1 Å². The lowest BCUT2D eigenvalue weighted by molar-refractivity contribution is 0.104. The molecule has 1 aliphatic rings. The zero-order valence-corrected chi connectivity index (χ0v) is 12.3. The van der Waals surface area contributed by atoms with Crippen LogP contribution in [-0.4, -0.2) is 37.1 Å². The van der Waals surface area contributed by atoms with Crippen LogP contribution in [0.4, 0.5) is 4.79 Å². The van der Waals surface area contributed by atoms with Crippen LogP contribution in [0, 0.1) is 11.3 Å². The van der Waals surface area contributed by atoms with E-state index in [1.807, 2.05) is 11.9 Å². The minimum atomic E-state index is -0.255. The molecule has 2 amide bonds. The Hall–Kier alpha value is -0.770. The molecule has 0 aromatic rings. The second kappa shape index (κ2) is 6.41. The number of nitrogens with zero attached hydrogens (tertiary/aromatic N) is 1. The van der Waals surface area contributed by atoms with Gasteiger partial charge in [-0.15, -0.1) is 0 Å². The van der Waals surface area contributed by atoms with E-state index in [0.717, 1.165) is 32.4 Å². The Morgan fingerprint density at radius 2 is 2.11 bits per heavy atom. The van der Waals surface area contributed by atoms with Crippen LogP contribution in [0.3, 0.4) is 0 Å². The van der Waals surface area contributed by atoms with Crippen LogP contribution in [0.25, 0.3) is 0 Å². The van der Waals surface area contributed by atoms with E-state index in [9.17, 15) is 4.79 Å². The summed E-state index contributed by atoms with van der Waals surface area (Å²) in [6.45, 7) is 8.54. The topological polar surface area (TPSA) is 58.4 Å². The van der Waals surface area contributed by atoms with Crippen LogP contribution in [0.15, 0.2) is 0 Å². The van der Waals surface area contributed by atoms with Gasteiger partial charge in [-0.05, 0) is 50.6 Å². The highest BCUT2D eigenvalue weighted by molar-refractivity contribution is 5.72. The SMILES string of the molecule is CNC[C@H](CC(C)(C)C)C1CCCCN1C(N)=O. The van der Waals surface area contributed by atoms with Gasteiger partial charge in [0.15, 0.2) is 0 Å². The third kappa shape index (κ3) is 4.48. The maximum absolute atomic E-state index is 11.6. The quantitative estimate of drug-likeness (QED) is 0.809. The van der Waals surface area contributed by atoms with E-state index >= 15 is 0 Å². The van der Waals surface area contributed by atoms with Gasteiger partial charge in [0.05, 0.1) is 0 Å². The number of nitrogens with one attached hydrogen (secondary N) is 1. The second-order valence-electron chi connectivity index (χ2n) is 6.68. The number of primary amides is 1. The van der Waals surface area contributed by atoms with Crippen molar-refractivity contribution in [3.05, 3.63) is 0 Å². The molecule has 0 aromatic carbocycles. The van der Waals surface area contributed by atoms with E-state index < -0.39 is 0 Å². The predicted molar refractivity (Wildman–Crippen MR) is 75.4 cm³/mol. The molecule has 2 atom stereocenters. The van der Waals surface area contributed by atoms with Crippen LogP contribution in [0.5, 0.6) is 0 Å². The van der Waals surface area contributed by atoms with E-state index in [1.165, 1.54) is 6.42 Å². The summed E-state index contributed by atoms with van der Waals surface area (Å²) in [6.07, 6.45) is 4.49. The average molecular weight is 255 g/mol. The fourth-order valence-electron chi connectivity index (χ4n) is 3.11. The monoisotopic (exact) mass is 255 g/mol. The molecule has 1 rings (SSSR count). The van der Waals surface area contributed by atoms with Gasteiger partial charge in [0.2, 0.25) is 0 Å². The summed E-state index contributed by atoms with van der Waals surface area (Å²) >= 11 is 0. The first-order valence-electron chi connectivity index (χ1n) is 7.06. The van der Waals surface area contributed by atoms with Gasteiger partial charge in [0, 0.05) is 12.6 Å². The fraction of sp³-hybridized carbons (Fsp3) is 0.929. The molecular weight excluding hydrogens is 226 g/mol. The number of likely N-dealkylation sites (tertiary alicyclic amines) is 1. The highest BCUT2D eigenvalue weighted by Crippen LogP contribution is 2.32. The minimum Gasteiger partial charge on any atom is -0.351 e. The van der Waals surface area contributed by atoms with Gasteiger partial charge < -0.3 is 16.0 Å². The van der Waals surface area contributed by atoms with Gasteiger partial charge >= 0.3 is 6.03 Å². The van der Waals surface area contributed by atoms with Gasteiger partial charge in [-0.2, -0.15) is 0 Å². The largest absolute Gasteiger partial charge is 0.351 e. The summed E-state index contributed by atoms with van der Waals surface area (Å²) in [6, 6.07) is 0.0534. The molecule has 1 heterocycles. The number of hydrogen-bond donors (Lipinski definition) is 2. The fourth-order valence-corrected chi connectivity index (χ4v) is 3.11. The molecule has 106 valence electrons. The van der Waals surface area contributed by atoms with E-state index in [0.29, 0.717) is 12.0 Å². The molecule has 0 radical (unpaired) electrons. The smallest absolute Gasteiger partial charge is 0.315 e. The predicted octanol–water partition coefficient (Wildman–Crippen LogP) is 2.19. The number of carbonyl (C=O) groups is 1. The van der Waals surface area contributed by atoms with E-state index in [1.54, 1.807) is 0 Å². The molecule has 0 saturated carbocycles. The highest BCUT2D eigenvalue weighted by Gasteiger charge is 2.33. The summed E-state index contributed by atoms with van der Waals surface area (Å²) in [5.74, 6) is 0.489. The molecule has 1 saturated heterocycles. The first-order chi connectivity index (χ1) is 8.35. The molecule has 0 aromatic heterocycles. The van der Waals surface area contributed by atoms with Crippen LogP contribution >= 0.6 is 0 Å². The Labute approximate surface area is 111 Å². The van der Waals surface area contributed by atoms with E-state index in [4.69, 9.17) is 5.73 Å². The molecule has 0 bridgehead atoms. The van der Waals surface area contributed by atoms with Crippen LogP contribution < -0.4 is 11.1 Å². The Morgan fingerprint density at radius 3 is 2.61 bits per heavy atom. The first-order valence-corrected chi connectivity index (χ1v) is 7.06. The normalized spacial score (nSPS) is 22.9. The lowest BCUT2D eigenvalue weighted by Gasteiger charge is -2.41. The van der Waals surface area contributed by atoms with Gasteiger partial charge in [0.1, 0.15) is 0 Å². The first kappa shape index (κ1) is 15.3. The summed E-state index contributed by atoms with van der Waals surface area (Å²) in [7, 11) is 1.98. The Bertz CT molecular complexity index is 273. The molecular formula is C14H29N3O. The Kier molecular flexibility index (Phi) is 5.45. The van der Waals surface area contributed by atoms with Crippen LogP contribution in [0.2, 0.25) is 0 Å². The number of amides is 2. The summed E-state index contributed by atoms with van der Waals surface area (Å²) < 4.78 is 0. The van der Waals surface area contributed by atoms with Crippen molar-refractivity contribution in [2.45, 2.75) is 52.5 Å². The van der Waals surface area contributed by atoms with Crippen molar-refractivity contribution in [2.75, 3.05) is 20.1 Å². The van der Waals surface area contributed by atoms with Crippen molar-refractivity contribution < 1.29 is 4.79 Å².